The topological polar surface area (TPSA) is 75.4 Å². The lowest BCUT2D eigenvalue weighted by atomic mass is 10.3. The van der Waals surface area contributed by atoms with Gasteiger partial charge in [-0.05, 0) is 18.4 Å². The predicted molar refractivity (Wildman–Crippen MR) is 63.8 cm³/mol. The van der Waals surface area contributed by atoms with Gasteiger partial charge in [0.25, 0.3) is 5.91 Å². The number of hydrogen-bond acceptors (Lipinski definition) is 5. The first kappa shape index (κ1) is 11.8. The van der Waals surface area contributed by atoms with Crippen LogP contribution in [0, 0.1) is 0 Å². The van der Waals surface area contributed by atoms with Crippen LogP contribution in [0.3, 0.4) is 0 Å². The Bertz CT molecular complexity index is 493. The maximum absolute atomic E-state index is 11.7. The summed E-state index contributed by atoms with van der Waals surface area (Å²) < 4.78 is 5.08. The lowest BCUT2D eigenvalue weighted by Gasteiger charge is -2.07. The number of carbonyl (C=O) groups excluding carboxylic acids is 1. The smallest absolute Gasteiger partial charge is 0.273 e. The zero-order valence-corrected chi connectivity index (χ0v) is 10.0. The molecule has 2 aromatic heterocycles. The summed E-state index contributed by atoms with van der Waals surface area (Å²) in [5.74, 6) is 0.222. The molecule has 5 nitrogen and oxygen atoms in total. The van der Waals surface area contributed by atoms with Crippen LogP contribution in [0.15, 0.2) is 28.1 Å². The summed E-state index contributed by atoms with van der Waals surface area (Å²) in [6, 6.07) is 5.08. The van der Waals surface area contributed by atoms with Gasteiger partial charge in [0.2, 0.25) is 0 Å². The number of rotatable bonds is 4. The molecule has 0 saturated heterocycles. The number of thiophene rings is 1. The van der Waals surface area contributed by atoms with Crippen LogP contribution >= 0.6 is 11.3 Å². The van der Waals surface area contributed by atoms with E-state index in [1.54, 1.807) is 13.0 Å². The van der Waals surface area contributed by atoms with E-state index in [1.807, 2.05) is 17.5 Å². The molecule has 90 valence electrons. The highest BCUT2D eigenvalue weighted by molar-refractivity contribution is 7.13. The number of hydrogen-bond donors (Lipinski definition) is 2. The molecule has 1 unspecified atom stereocenters. The first-order valence-corrected chi connectivity index (χ1v) is 6.01. The van der Waals surface area contributed by atoms with E-state index in [0.717, 1.165) is 4.88 Å². The van der Waals surface area contributed by atoms with Gasteiger partial charge < -0.3 is 14.9 Å². The maximum Gasteiger partial charge on any atom is 0.273 e. The normalized spacial score (nSPS) is 12.4. The summed E-state index contributed by atoms with van der Waals surface area (Å²) in [6.07, 6.45) is 0. The Morgan fingerprint density at radius 3 is 3.18 bits per heavy atom. The minimum Gasteiger partial charge on any atom is -0.394 e. The van der Waals surface area contributed by atoms with Crippen LogP contribution in [0.2, 0.25) is 0 Å². The lowest BCUT2D eigenvalue weighted by Crippen LogP contribution is -2.35. The van der Waals surface area contributed by atoms with Crippen molar-refractivity contribution in [3.05, 3.63) is 29.3 Å². The minimum absolute atomic E-state index is 0.110. The predicted octanol–water partition coefficient (Wildman–Crippen LogP) is 1.51. The summed E-state index contributed by atoms with van der Waals surface area (Å²) in [5.41, 5.74) is 0.216. The molecular weight excluding hydrogens is 240 g/mol. The average Bonchev–Trinajstić information content (AvgIpc) is 2.98. The fourth-order valence-corrected chi connectivity index (χ4v) is 1.93. The molecule has 17 heavy (non-hydrogen) atoms. The number of aliphatic hydroxyl groups excluding tert-OH is 1. The highest BCUT2D eigenvalue weighted by Crippen LogP contribution is 2.24. The molecule has 2 N–H and O–H groups in total. The van der Waals surface area contributed by atoms with Crippen molar-refractivity contribution in [2.45, 2.75) is 13.0 Å². The van der Waals surface area contributed by atoms with E-state index in [-0.39, 0.29) is 24.2 Å². The third-order valence-corrected chi connectivity index (χ3v) is 3.04. The first-order valence-electron chi connectivity index (χ1n) is 5.13. The molecule has 0 radical (unpaired) electrons. The molecule has 0 spiro atoms. The zero-order valence-electron chi connectivity index (χ0n) is 9.21. The Hall–Kier alpha value is -1.66. The van der Waals surface area contributed by atoms with Crippen LogP contribution in [-0.4, -0.2) is 28.8 Å². The fourth-order valence-electron chi connectivity index (χ4n) is 1.26. The Balaban J connectivity index is 2.11. The molecule has 0 aromatic carbocycles. The van der Waals surface area contributed by atoms with Crippen molar-refractivity contribution in [2.24, 2.45) is 0 Å². The Kier molecular flexibility index (Phi) is 3.55. The van der Waals surface area contributed by atoms with Gasteiger partial charge in [-0.25, -0.2) is 0 Å². The van der Waals surface area contributed by atoms with Crippen molar-refractivity contribution in [1.82, 2.24) is 10.5 Å². The van der Waals surface area contributed by atoms with Gasteiger partial charge in [-0.3, -0.25) is 4.79 Å². The van der Waals surface area contributed by atoms with Gasteiger partial charge in [0.15, 0.2) is 11.5 Å². The van der Waals surface area contributed by atoms with E-state index < -0.39 is 0 Å². The van der Waals surface area contributed by atoms with Crippen LogP contribution < -0.4 is 5.32 Å². The van der Waals surface area contributed by atoms with E-state index in [9.17, 15) is 4.79 Å². The van der Waals surface area contributed by atoms with Crippen molar-refractivity contribution < 1.29 is 14.4 Å². The first-order chi connectivity index (χ1) is 8.20. The number of aliphatic hydroxyl groups is 1. The SMILES string of the molecule is CC(CO)NC(=O)c1cc(-c2cccs2)on1. The molecular formula is C11H12N2O3S. The molecule has 0 bridgehead atoms. The summed E-state index contributed by atoms with van der Waals surface area (Å²) >= 11 is 1.51. The number of nitrogens with zero attached hydrogens (tertiary/aromatic N) is 1. The quantitative estimate of drug-likeness (QED) is 0.865. The van der Waals surface area contributed by atoms with E-state index in [4.69, 9.17) is 9.63 Å². The third-order valence-electron chi connectivity index (χ3n) is 2.16. The van der Waals surface area contributed by atoms with Crippen LogP contribution in [0.5, 0.6) is 0 Å². The average molecular weight is 252 g/mol. The lowest BCUT2D eigenvalue weighted by molar-refractivity contribution is 0.0913. The Morgan fingerprint density at radius 2 is 2.53 bits per heavy atom. The van der Waals surface area contributed by atoms with E-state index in [2.05, 4.69) is 10.5 Å². The van der Waals surface area contributed by atoms with Gasteiger partial charge in [0, 0.05) is 12.1 Å². The molecule has 2 aromatic rings. The summed E-state index contributed by atoms with van der Waals surface area (Å²) in [7, 11) is 0. The molecule has 0 aliphatic carbocycles. The highest BCUT2D eigenvalue weighted by Gasteiger charge is 2.15. The molecule has 0 saturated carbocycles. The van der Waals surface area contributed by atoms with Gasteiger partial charge in [-0.15, -0.1) is 11.3 Å². The van der Waals surface area contributed by atoms with Crippen molar-refractivity contribution in [3.63, 3.8) is 0 Å². The second-order valence-corrected chi connectivity index (χ2v) is 4.56. The van der Waals surface area contributed by atoms with Gasteiger partial charge in [-0.2, -0.15) is 0 Å². The van der Waals surface area contributed by atoms with E-state index in [0.29, 0.717) is 5.76 Å². The van der Waals surface area contributed by atoms with Gasteiger partial charge in [-0.1, -0.05) is 11.2 Å². The molecule has 1 amide bonds. The largest absolute Gasteiger partial charge is 0.394 e. The second-order valence-electron chi connectivity index (χ2n) is 3.61. The van der Waals surface area contributed by atoms with Gasteiger partial charge in [0.1, 0.15) is 0 Å². The minimum atomic E-state index is -0.349. The molecule has 0 aliphatic rings. The van der Waals surface area contributed by atoms with E-state index in [1.165, 1.54) is 11.3 Å². The monoisotopic (exact) mass is 252 g/mol. The molecule has 2 rings (SSSR count). The van der Waals surface area contributed by atoms with Crippen molar-refractivity contribution in [3.8, 4) is 10.6 Å². The summed E-state index contributed by atoms with van der Waals surface area (Å²) in [5, 5.41) is 17.0. The summed E-state index contributed by atoms with van der Waals surface area (Å²) in [4.78, 5) is 12.6. The standard InChI is InChI=1S/C11H12N2O3S/c1-7(6-14)12-11(15)8-5-9(16-13-8)10-3-2-4-17-10/h2-5,7,14H,6H2,1H3,(H,12,15). The molecule has 0 fully saturated rings. The van der Waals surface area contributed by atoms with Crippen LogP contribution in [-0.2, 0) is 0 Å². The van der Waals surface area contributed by atoms with Gasteiger partial charge in [0.05, 0.1) is 11.5 Å². The number of aromatic nitrogens is 1. The molecule has 0 aliphatic heterocycles. The molecule has 6 heteroatoms. The van der Waals surface area contributed by atoms with Crippen LogP contribution in [0.25, 0.3) is 10.6 Å². The fraction of sp³-hybridized carbons (Fsp3) is 0.273. The molecule has 2 heterocycles. The zero-order chi connectivity index (χ0) is 12.3. The molecule has 1 atom stereocenters. The third kappa shape index (κ3) is 2.72. The van der Waals surface area contributed by atoms with Crippen molar-refractivity contribution in [2.75, 3.05) is 6.61 Å². The maximum atomic E-state index is 11.7. The number of amides is 1. The Labute approximate surface area is 102 Å². The Morgan fingerprint density at radius 1 is 1.71 bits per heavy atom. The highest BCUT2D eigenvalue weighted by atomic mass is 32.1. The second kappa shape index (κ2) is 5.11. The van der Waals surface area contributed by atoms with Crippen LogP contribution in [0.4, 0.5) is 0 Å². The van der Waals surface area contributed by atoms with Crippen LogP contribution in [0.1, 0.15) is 17.4 Å². The number of carbonyl (C=O) groups is 1. The summed E-state index contributed by atoms with van der Waals surface area (Å²) in [6.45, 7) is 1.60. The van der Waals surface area contributed by atoms with Crippen molar-refractivity contribution in [1.29, 1.82) is 0 Å². The van der Waals surface area contributed by atoms with E-state index >= 15 is 0 Å². The van der Waals surface area contributed by atoms with Gasteiger partial charge >= 0.3 is 0 Å². The number of nitrogens with one attached hydrogen (secondary N) is 1. The van der Waals surface area contributed by atoms with Crippen molar-refractivity contribution >= 4 is 17.2 Å².